The lowest BCUT2D eigenvalue weighted by Gasteiger charge is -2.17. The van der Waals surface area contributed by atoms with Gasteiger partial charge < -0.3 is 24.4 Å². The summed E-state index contributed by atoms with van der Waals surface area (Å²) < 4.78 is 29.6. The van der Waals surface area contributed by atoms with Crippen LogP contribution in [0.4, 0.5) is 4.39 Å². The number of carboxylic acids is 1. The zero-order chi connectivity index (χ0) is 21.4. The maximum atomic E-state index is 13.1. The summed E-state index contributed by atoms with van der Waals surface area (Å²) in [6.07, 6.45) is -1.82. The number of ether oxygens (including phenoxy) is 3. The monoisotopic (exact) mass is 406 g/mol. The second-order valence-corrected chi connectivity index (χ2v) is 7.05. The van der Waals surface area contributed by atoms with Crippen LogP contribution in [0.2, 0.25) is 0 Å². The van der Waals surface area contributed by atoms with E-state index >= 15 is 0 Å². The number of aliphatic hydroxyl groups is 1. The lowest BCUT2D eigenvalue weighted by atomic mass is 10.1. The highest BCUT2D eigenvalue weighted by Crippen LogP contribution is 2.19. The Balaban J connectivity index is 1.87. The number of rotatable bonds is 11. The molecule has 2 aromatic carbocycles. The van der Waals surface area contributed by atoms with Crippen molar-refractivity contribution in [3.05, 3.63) is 59.4 Å². The zero-order valence-corrected chi connectivity index (χ0v) is 16.8. The Hall–Kier alpha value is -2.64. The lowest BCUT2D eigenvalue weighted by Crippen LogP contribution is -2.29. The molecule has 0 amide bonds. The van der Waals surface area contributed by atoms with Gasteiger partial charge in [0.05, 0.1) is 6.10 Å². The van der Waals surface area contributed by atoms with Gasteiger partial charge in [0.25, 0.3) is 0 Å². The summed E-state index contributed by atoms with van der Waals surface area (Å²) in [5.41, 5.74) is 1.39. The summed E-state index contributed by atoms with van der Waals surface area (Å²) >= 11 is 0. The zero-order valence-electron chi connectivity index (χ0n) is 16.8. The summed E-state index contributed by atoms with van der Waals surface area (Å²) in [4.78, 5) is 11.3. The van der Waals surface area contributed by atoms with Crippen LogP contribution in [-0.4, -0.2) is 47.7 Å². The van der Waals surface area contributed by atoms with Crippen LogP contribution in [0.3, 0.4) is 0 Å². The fraction of sp³-hybridized carbons (Fsp3) is 0.409. The maximum Gasteiger partial charge on any atom is 0.333 e. The number of benzene rings is 2. The quantitative estimate of drug-likeness (QED) is 0.595. The molecule has 2 aromatic rings. The maximum absolute atomic E-state index is 13.1. The minimum atomic E-state index is -1.02. The lowest BCUT2D eigenvalue weighted by molar-refractivity contribution is -0.153. The number of halogens is 1. The highest BCUT2D eigenvalue weighted by molar-refractivity contribution is 5.72. The largest absolute Gasteiger partial charge is 0.491 e. The van der Waals surface area contributed by atoms with Crippen molar-refractivity contribution in [2.24, 2.45) is 0 Å². The standard InChI is InChI=1S/C22H27FO6/c1-14(2)29-21(22(25)26)11-16-5-4-6-19(10-16)27-12-18(24)13-28-20-8-7-17(23)9-15(20)3/h4-10,14,18,21,24H,11-13H2,1-3H3,(H,25,26)/t18-,21+/m1/s1. The van der Waals surface area contributed by atoms with E-state index in [0.29, 0.717) is 17.1 Å². The second-order valence-electron chi connectivity index (χ2n) is 7.05. The van der Waals surface area contributed by atoms with Gasteiger partial charge in [-0.05, 0) is 62.2 Å². The molecule has 2 N–H and O–H groups in total. The molecule has 2 atom stereocenters. The van der Waals surface area contributed by atoms with Crippen LogP contribution >= 0.6 is 0 Å². The number of aliphatic carboxylic acids is 1. The van der Waals surface area contributed by atoms with E-state index in [1.54, 1.807) is 45.0 Å². The molecule has 0 bridgehead atoms. The molecule has 0 heterocycles. The van der Waals surface area contributed by atoms with Crippen molar-refractivity contribution >= 4 is 5.97 Å². The summed E-state index contributed by atoms with van der Waals surface area (Å²) in [6.45, 7) is 5.28. The minimum Gasteiger partial charge on any atom is -0.491 e. The first-order valence-electron chi connectivity index (χ1n) is 9.41. The van der Waals surface area contributed by atoms with Crippen LogP contribution in [0.1, 0.15) is 25.0 Å². The second kappa shape index (κ2) is 10.8. The fourth-order valence-corrected chi connectivity index (χ4v) is 2.70. The summed E-state index contributed by atoms with van der Waals surface area (Å²) in [5.74, 6) is -0.360. The molecule has 0 aliphatic rings. The summed E-state index contributed by atoms with van der Waals surface area (Å²) in [7, 11) is 0. The van der Waals surface area contributed by atoms with E-state index in [0.717, 1.165) is 5.56 Å². The number of hydrogen-bond donors (Lipinski definition) is 2. The molecule has 2 rings (SSSR count). The van der Waals surface area contributed by atoms with Gasteiger partial charge in [0.1, 0.15) is 36.6 Å². The van der Waals surface area contributed by atoms with Gasteiger partial charge in [0, 0.05) is 6.42 Å². The van der Waals surface area contributed by atoms with Crippen molar-refractivity contribution in [1.29, 1.82) is 0 Å². The highest BCUT2D eigenvalue weighted by Gasteiger charge is 2.20. The Labute approximate surface area is 169 Å². The van der Waals surface area contributed by atoms with Gasteiger partial charge >= 0.3 is 5.97 Å². The van der Waals surface area contributed by atoms with Gasteiger partial charge in [-0.15, -0.1) is 0 Å². The average Bonchev–Trinajstić information content (AvgIpc) is 2.65. The fourth-order valence-electron chi connectivity index (χ4n) is 2.70. The molecule has 0 aliphatic heterocycles. The topological polar surface area (TPSA) is 85.2 Å². The normalized spacial score (nSPS) is 13.2. The van der Waals surface area contributed by atoms with Gasteiger partial charge in [-0.2, -0.15) is 0 Å². The molecular weight excluding hydrogens is 379 g/mol. The average molecular weight is 406 g/mol. The molecule has 0 fully saturated rings. The third kappa shape index (κ3) is 7.71. The van der Waals surface area contributed by atoms with E-state index in [9.17, 15) is 19.4 Å². The van der Waals surface area contributed by atoms with Gasteiger partial charge in [-0.3, -0.25) is 0 Å². The Bertz CT molecular complexity index is 808. The number of carbonyl (C=O) groups is 1. The highest BCUT2D eigenvalue weighted by atomic mass is 19.1. The summed E-state index contributed by atoms with van der Waals surface area (Å²) in [5, 5.41) is 19.4. The predicted molar refractivity (Wildman–Crippen MR) is 106 cm³/mol. The van der Waals surface area contributed by atoms with Crippen LogP contribution < -0.4 is 9.47 Å². The number of carboxylic acid groups (broad SMARTS) is 1. The van der Waals surface area contributed by atoms with Gasteiger partial charge in [0.15, 0.2) is 6.10 Å². The molecule has 29 heavy (non-hydrogen) atoms. The molecule has 0 spiro atoms. The molecule has 0 aliphatic carbocycles. The molecule has 0 unspecified atom stereocenters. The smallest absolute Gasteiger partial charge is 0.333 e. The molecule has 7 heteroatoms. The predicted octanol–water partition coefficient (Wildman–Crippen LogP) is 3.37. The summed E-state index contributed by atoms with van der Waals surface area (Å²) in [6, 6.07) is 11.2. The van der Waals surface area contributed by atoms with Crippen molar-refractivity contribution < 1.29 is 33.6 Å². The number of hydrogen-bond acceptors (Lipinski definition) is 5. The Morgan fingerprint density at radius 1 is 1.10 bits per heavy atom. The van der Waals surface area contributed by atoms with E-state index in [1.165, 1.54) is 18.2 Å². The SMILES string of the molecule is Cc1cc(F)ccc1OC[C@H](O)COc1cccc(C[C@H](OC(C)C)C(=O)O)c1. The molecule has 0 radical (unpaired) electrons. The Morgan fingerprint density at radius 2 is 1.83 bits per heavy atom. The first-order chi connectivity index (χ1) is 13.7. The van der Waals surface area contributed by atoms with E-state index < -0.39 is 18.2 Å². The van der Waals surface area contributed by atoms with E-state index in [4.69, 9.17) is 14.2 Å². The third-order valence-electron chi connectivity index (χ3n) is 4.04. The number of aliphatic hydroxyl groups excluding tert-OH is 1. The van der Waals surface area contributed by atoms with Gasteiger partial charge in [0.2, 0.25) is 0 Å². The van der Waals surface area contributed by atoms with E-state index in [-0.39, 0.29) is 31.6 Å². The molecule has 6 nitrogen and oxygen atoms in total. The van der Waals surface area contributed by atoms with Crippen molar-refractivity contribution in [3.8, 4) is 11.5 Å². The van der Waals surface area contributed by atoms with E-state index in [1.807, 2.05) is 0 Å². The van der Waals surface area contributed by atoms with E-state index in [2.05, 4.69) is 0 Å². The Kier molecular flexibility index (Phi) is 8.42. The van der Waals surface area contributed by atoms with Crippen molar-refractivity contribution in [2.75, 3.05) is 13.2 Å². The van der Waals surface area contributed by atoms with Crippen LogP contribution in [0.15, 0.2) is 42.5 Å². The first-order valence-corrected chi connectivity index (χ1v) is 9.41. The van der Waals surface area contributed by atoms with Crippen molar-refractivity contribution in [2.45, 2.75) is 45.5 Å². The first kappa shape index (κ1) is 22.6. The third-order valence-corrected chi connectivity index (χ3v) is 4.04. The van der Waals surface area contributed by atoms with Crippen LogP contribution in [-0.2, 0) is 16.0 Å². The van der Waals surface area contributed by atoms with Crippen LogP contribution in [0.25, 0.3) is 0 Å². The molecule has 0 saturated carbocycles. The van der Waals surface area contributed by atoms with Crippen LogP contribution in [0.5, 0.6) is 11.5 Å². The van der Waals surface area contributed by atoms with Crippen molar-refractivity contribution in [3.63, 3.8) is 0 Å². The minimum absolute atomic E-state index is 0.00448. The number of aryl methyl sites for hydroxylation is 1. The van der Waals surface area contributed by atoms with Gasteiger partial charge in [-0.1, -0.05) is 12.1 Å². The van der Waals surface area contributed by atoms with Crippen molar-refractivity contribution in [1.82, 2.24) is 0 Å². The molecule has 0 saturated heterocycles. The molecule has 0 aromatic heterocycles. The molecule has 158 valence electrons. The molecular formula is C22H27FO6. The Morgan fingerprint density at radius 3 is 2.48 bits per heavy atom. The van der Waals surface area contributed by atoms with Gasteiger partial charge in [-0.25, -0.2) is 9.18 Å². The van der Waals surface area contributed by atoms with Crippen LogP contribution in [0, 0.1) is 12.7 Å².